The van der Waals surface area contributed by atoms with Crippen molar-refractivity contribution in [1.29, 1.82) is 0 Å². The molecule has 0 saturated heterocycles. The largest absolute Gasteiger partial charge is 0.476 e. The van der Waals surface area contributed by atoms with E-state index in [1.165, 1.54) is 4.31 Å². The SMILES string of the molecule is CC(C)CCNC(=O)[C@@H]1CN(S(C)(=O)=O)c2ccccc2O1. The van der Waals surface area contributed by atoms with Crippen LogP contribution in [0.4, 0.5) is 5.69 Å². The van der Waals surface area contributed by atoms with E-state index in [0.29, 0.717) is 23.9 Å². The van der Waals surface area contributed by atoms with Crippen molar-refractivity contribution in [3.8, 4) is 5.75 Å². The number of para-hydroxylation sites is 2. The first kappa shape index (κ1) is 16.6. The Bertz CT molecular complexity index is 643. The first-order chi connectivity index (χ1) is 10.3. The van der Waals surface area contributed by atoms with E-state index < -0.39 is 16.1 Å². The van der Waals surface area contributed by atoms with Gasteiger partial charge < -0.3 is 10.1 Å². The van der Waals surface area contributed by atoms with Crippen molar-refractivity contribution < 1.29 is 17.9 Å². The first-order valence-electron chi connectivity index (χ1n) is 7.30. The minimum Gasteiger partial charge on any atom is -0.476 e. The van der Waals surface area contributed by atoms with Crippen molar-refractivity contribution >= 4 is 21.6 Å². The molecule has 0 unspecified atom stereocenters. The summed E-state index contributed by atoms with van der Waals surface area (Å²) in [4.78, 5) is 12.2. The quantitative estimate of drug-likeness (QED) is 0.887. The maximum Gasteiger partial charge on any atom is 0.263 e. The maximum absolute atomic E-state index is 12.2. The maximum atomic E-state index is 12.2. The number of rotatable bonds is 5. The van der Waals surface area contributed by atoms with Crippen molar-refractivity contribution in [2.45, 2.75) is 26.4 Å². The molecule has 7 heteroatoms. The topological polar surface area (TPSA) is 75.7 Å². The fourth-order valence-electron chi connectivity index (χ4n) is 2.25. The van der Waals surface area contributed by atoms with Gasteiger partial charge >= 0.3 is 0 Å². The number of ether oxygens (including phenoxy) is 1. The third-order valence-corrected chi connectivity index (χ3v) is 4.59. The van der Waals surface area contributed by atoms with Gasteiger partial charge in [0.15, 0.2) is 6.10 Å². The molecule has 1 aromatic rings. The molecule has 1 N–H and O–H groups in total. The van der Waals surface area contributed by atoms with Crippen LogP contribution >= 0.6 is 0 Å². The summed E-state index contributed by atoms with van der Waals surface area (Å²) < 4.78 is 30.8. The highest BCUT2D eigenvalue weighted by atomic mass is 32.2. The van der Waals surface area contributed by atoms with E-state index in [4.69, 9.17) is 4.74 Å². The zero-order chi connectivity index (χ0) is 16.3. The average Bonchev–Trinajstić information content (AvgIpc) is 2.44. The van der Waals surface area contributed by atoms with Gasteiger partial charge in [-0.15, -0.1) is 0 Å². The van der Waals surface area contributed by atoms with Crippen LogP contribution in [-0.4, -0.2) is 39.8 Å². The van der Waals surface area contributed by atoms with Gasteiger partial charge in [0.25, 0.3) is 5.91 Å². The molecule has 22 heavy (non-hydrogen) atoms. The van der Waals surface area contributed by atoms with Crippen molar-refractivity contribution in [2.24, 2.45) is 5.92 Å². The van der Waals surface area contributed by atoms with Gasteiger partial charge in [-0.05, 0) is 24.5 Å². The molecule has 2 rings (SSSR count). The van der Waals surface area contributed by atoms with Crippen LogP contribution in [0.1, 0.15) is 20.3 Å². The Hall–Kier alpha value is -1.76. The van der Waals surface area contributed by atoms with Crippen LogP contribution in [0.25, 0.3) is 0 Å². The second-order valence-electron chi connectivity index (χ2n) is 5.84. The molecule has 1 atom stereocenters. The zero-order valence-electron chi connectivity index (χ0n) is 13.1. The summed E-state index contributed by atoms with van der Waals surface area (Å²) in [5.74, 6) is 0.604. The minimum atomic E-state index is -3.47. The normalized spacial score (nSPS) is 17.8. The van der Waals surface area contributed by atoms with Gasteiger partial charge in [-0.3, -0.25) is 9.10 Å². The summed E-state index contributed by atoms with van der Waals surface area (Å²) in [6.07, 6.45) is 1.16. The number of hydrogen-bond acceptors (Lipinski definition) is 4. The van der Waals surface area contributed by atoms with E-state index in [1.807, 2.05) is 0 Å². The van der Waals surface area contributed by atoms with Gasteiger partial charge in [0.2, 0.25) is 10.0 Å². The molecule has 0 spiro atoms. The number of sulfonamides is 1. The monoisotopic (exact) mass is 326 g/mol. The second kappa shape index (κ2) is 6.56. The predicted octanol–water partition coefficient (Wildman–Crippen LogP) is 1.38. The molecule has 1 aliphatic rings. The number of nitrogens with one attached hydrogen (secondary N) is 1. The Labute approximate surface area is 131 Å². The number of hydrogen-bond donors (Lipinski definition) is 1. The van der Waals surface area contributed by atoms with Crippen molar-refractivity contribution in [1.82, 2.24) is 5.32 Å². The third kappa shape index (κ3) is 3.91. The van der Waals surface area contributed by atoms with Gasteiger partial charge in [0.05, 0.1) is 18.5 Å². The second-order valence-corrected chi connectivity index (χ2v) is 7.75. The number of carbonyl (C=O) groups is 1. The van der Waals surface area contributed by atoms with E-state index in [0.717, 1.165) is 12.7 Å². The van der Waals surface area contributed by atoms with Crippen LogP contribution in [-0.2, 0) is 14.8 Å². The van der Waals surface area contributed by atoms with Gasteiger partial charge in [-0.2, -0.15) is 0 Å². The predicted molar refractivity (Wildman–Crippen MR) is 85.5 cm³/mol. The summed E-state index contributed by atoms with van der Waals surface area (Å²) in [5, 5.41) is 2.80. The lowest BCUT2D eigenvalue weighted by molar-refractivity contribution is -0.127. The van der Waals surface area contributed by atoms with Crippen LogP contribution < -0.4 is 14.4 Å². The Morgan fingerprint density at radius 3 is 2.73 bits per heavy atom. The van der Waals surface area contributed by atoms with Crippen LogP contribution in [0.2, 0.25) is 0 Å². The van der Waals surface area contributed by atoms with Crippen molar-refractivity contribution in [3.05, 3.63) is 24.3 Å². The van der Waals surface area contributed by atoms with E-state index in [2.05, 4.69) is 19.2 Å². The molecule has 6 nitrogen and oxygen atoms in total. The third-order valence-electron chi connectivity index (χ3n) is 3.45. The Morgan fingerprint density at radius 1 is 1.41 bits per heavy atom. The lowest BCUT2D eigenvalue weighted by Gasteiger charge is -2.33. The number of benzene rings is 1. The number of nitrogens with zero attached hydrogens (tertiary/aromatic N) is 1. The summed E-state index contributed by atoms with van der Waals surface area (Å²) >= 11 is 0. The smallest absolute Gasteiger partial charge is 0.263 e. The average molecular weight is 326 g/mol. The van der Waals surface area contributed by atoms with E-state index in [1.54, 1.807) is 24.3 Å². The highest BCUT2D eigenvalue weighted by Gasteiger charge is 2.34. The molecule has 0 saturated carbocycles. The van der Waals surface area contributed by atoms with Gasteiger partial charge in [-0.1, -0.05) is 26.0 Å². The number of carbonyl (C=O) groups excluding carboxylic acids is 1. The van der Waals surface area contributed by atoms with Crippen molar-refractivity contribution in [3.63, 3.8) is 0 Å². The highest BCUT2D eigenvalue weighted by Crippen LogP contribution is 2.34. The summed E-state index contributed by atoms with van der Waals surface area (Å²) in [6.45, 7) is 4.69. The number of fused-ring (bicyclic) bond motifs is 1. The molecule has 0 radical (unpaired) electrons. The fourth-order valence-corrected chi connectivity index (χ4v) is 3.17. The summed E-state index contributed by atoms with van der Waals surface area (Å²) in [6, 6.07) is 6.83. The molecule has 0 aromatic heterocycles. The minimum absolute atomic E-state index is 0.0106. The zero-order valence-corrected chi connectivity index (χ0v) is 13.9. The Morgan fingerprint density at radius 2 is 2.09 bits per heavy atom. The lowest BCUT2D eigenvalue weighted by atomic mass is 10.1. The van der Waals surface area contributed by atoms with E-state index in [-0.39, 0.29) is 12.5 Å². The molecule has 0 aliphatic carbocycles. The molecule has 1 aromatic carbocycles. The molecule has 1 aliphatic heterocycles. The van der Waals surface area contributed by atoms with Crippen LogP contribution in [0.15, 0.2) is 24.3 Å². The Kier molecular flexibility index (Phi) is 4.95. The summed E-state index contributed by atoms with van der Waals surface area (Å²) in [5.41, 5.74) is 0.469. The fraction of sp³-hybridized carbons (Fsp3) is 0.533. The molecule has 0 bridgehead atoms. The van der Waals surface area contributed by atoms with Crippen LogP contribution in [0.3, 0.4) is 0 Å². The number of amides is 1. The Balaban J connectivity index is 2.15. The molecular formula is C15H22N2O4S. The lowest BCUT2D eigenvalue weighted by Crippen LogP contribution is -2.50. The standard InChI is InChI=1S/C15H22N2O4S/c1-11(2)8-9-16-15(18)14-10-17(22(3,19)20)12-6-4-5-7-13(12)21-14/h4-7,11,14H,8-10H2,1-3H3,(H,16,18)/t14-/m0/s1. The van der Waals surface area contributed by atoms with Gasteiger partial charge in [0, 0.05) is 6.54 Å². The highest BCUT2D eigenvalue weighted by molar-refractivity contribution is 7.92. The van der Waals surface area contributed by atoms with Gasteiger partial charge in [0.1, 0.15) is 5.75 Å². The molecule has 122 valence electrons. The van der Waals surface area contributed by atoms with Crippen molar-refractivity contribution in [2.75, 3.05) is 23.7 Å². The molecular weight excluding hydrogens is 304 g/mol. The van der Waals surface area contributed by atoms with E-state index >= 15 is 0 Å². The van der Waals surface area contributed by atoms with Crippen LogP contribution in [0.5, 0.6) is 5.75 Å². The van der Waals surface area contributed by atoms with Crippen LogP contribution in [0, 0.1) is 5.92 Å². The summed E-state index contributed by atoms with van der Waals surface area (Å²) in [7, 11) is -3.47. The number of anilines is 1. The molecule has 1 amide bonds. The first-order valence-corrected chi connectivity index (χ1v) is 9.15. The van der Waals surface area contributed by atoms with E-state index in [9.17, 15) is 13.2 Å². The molecule has 1 heterocycles. The van der Waals surface area contributed by atoms with Gasteiger partial charge in [-0.25, -0.2) is 8.42 Å². The molecule has 0 fully saturated rings.